The zero-order valence-electron chi connectivity index (χ0n) is 22.1. The Kier molecular flexibility index (Phi) is 7.17. The molecular formula is C32H24ClN3O4S. The van der Waals surface area contributed by atoms with Crippen molar-refractivity contribution in [3.8, 4) is 17.1 Å². The van der Waals surface area contributed by atoms with E-state index in [0.29, 0.717) is 48.6 Å². The summed E-state index contributed by atoms with van der Waals surface area (Å²) in [4.78, 5) is 32.8. The number of methoxy groups -OCH3 is 1. The molecule has 0 saturated heterocycles. The molecule has 1 atom stereocenters. The van der Waals surface area contributed by atoms with E-state index in [1.807, 2.05) is 78.9 Å². The van der Waals surface area contributed by atoms with Crippen LogP contribution in [-0.2, 0) is 4.79 Å². The molecule has 0 aliphatic carbocycles. The van der Waals surface area contributed by atoms with Gasteiger partial charge in [0.15, 0.2) is 4.80 Å². The molecule has 7 nitrogen and oxygen atoms in total. The minimum absolute atomic E-state index is 0.271. The fraction of sp³-hybridized carbons (Fsp3) is 0.0938. The van der Waals surface area contributed by atoms with Gasteiger partial charge in [0, 0.05) is 22.3 Å². The van der Waals surface area contributed by atoms with E-state index in [0.717, 1.165) is 11.1 Å². The van der Waals surface area contributed by atoms with Crippen molar-refractivity contribution in [3.63, 3.8) is 0 Å². The van der Waals surface area contributed by atoms with Gasteiger partial charge in [0.25, 0.3) is 11.5 Å². The third-order valence-electron chi connectivity index (χ3n) is 6.74. The number of anilines is 1. The maximum Gasteiger partial charge on any atom is 0.271 e. The van der Waals surface area contributed by atoms with Gasteiger partial charge in [0.05, 0.1) is 29.0 Å². The fourth-order valence-electron chi connectivity index (χ4n) is 4.79. The quantitative estimate of drug-likeness (QED) is 0.275. The molecule has 204 valence electrons. The number of allylic oxidation sites excluding steroid dienone is 1. The first-order chi connectivity index (χ1) is 19.9. The smallest absolute Gasteiger partial charge is 0.271 e. The van der Waals surface area contributed by atoms with Gasteiger partial charge in [-0.1, -0.05) is 65.4 Å². The number of hydrogen-bond acceptors (Lipinski definition) is 6. The lowest BCUT2D eigenvalue weighted by Gasteiger charge is -2.25. The minimum atomic E-state index is -0.693. The molecule has 1 aliphatic rings. The Morgan fingerprint density at radius 2 is 1.83 bits per heavy atom. The second-order valence-electron chi connectivity index (χ2n) is 9.39. The molecular weight excluding hydrogens is 558 g/mol. The molecule has 0 saturated carbocycles. The zero-order chi connectivity index (χ0) is 28.5. The van der Waals surface area contributed by atoms with Gasteiger partial charge in [0.1, 0.15) is 17.3 Å². The van der Waals surface area contributed by atoms with Crippen LogP contribution in [0.2, 0.25) is 5.02 Å². The second kappa shape index (κ2) is 11.1. The third kappa shape index (κ3) is 5.27. The molecule has 0 fully saturated rings. The molecule has 0 radical (unpaired) electrons. The van der Waals surface area contributed by atoms with Crippen LogP contribution in [0.1, 0.15) is 24.3 Å². The normalized spacial score (nSPS) is 14.9. The molecule has 1 aliphatic heterocycles. The van der Waals surface area contributed by atoms with Crippen LogP contribution in [0.3, 0.4) is 0 Å². The number of nitrogens with zero attached hydrogens (tertiary/aromatic N) is 2. The van der Waals surface area contributed by atoms with E-state index in [2.05, 4.69) is 5.32 Å². The van der Waals surface area contributed by atoms with Crippen LogP contribution in [0.25, 0.3) is 17.4 Å². The summed E-state index contributed by atoms with van der Waals surface area (Å²) in [6, 6.07) is 26.9. The highest BCUT2D eigenvalue weighted by Gasteiger charge is 2.32. The summed E-state index contributed by atoms with van der Waals surface area (Å²) >= 11 is 7.39. The first-order valence-electron chi connectivity index (χ1n) is 12.8. The SMILES string of the molecule is COc1ccc([C@@H]2C(C(=O)Nc3ccccc3)=C(C)N=c3sc(=Cc4ccc(-c5cccc(Cl)c5)o4)c(=O)n32)cc1. The van der Waals surface area contributed by atoms with Crippen molar-refractivity contribution < 1.29 is 13.9 Å². The summed E-state index contributed by atoms with van der Waals surface area (Å²) in [6.45, 7) is 1.79. The van der Waals surface area contributed by atoms with E-state index in [9.17, 15) is 9.59 Å². The van der Waals surface area contributed by atoms with E-state index in [1.54, 1.807) is 36.8 Å². The van der Waals surface area contributed by atoms with E-state index in [4.69, 9.17) is 25.7 Å². The number of thiazole rings is 1. The Hall–Kier alpha value is -4.66. The highest BCUT2D eigenvalue weighted by molar-refractivity contribution is 7.07. The van der Waals surface area contributed by atoms with Gasteiger partial charge in [-0.05, 0) is 61.0 Å². The van der Waals surface area contributed by atoms with Gasteiger partial charge >= 0.3 is 0 Å². The number of aromatic nitrogens is 1. The lowest BCUT2D eigenvalue weighted by molar-refractivity contribution is -0.113. The van der Waals surface area contributed by atoms with Crippen molar-refractivity contribution in [3.05, 3.63) is 138 Å². The van der Waals surface area contributed by atoms with Crippen molar-refractivity contribution in [2.24, 2.45) is 4.99 Å². The lowest BCUT2D eigenvalue weighted by Crippen LogP contribution is -2.40. The van der Waals surface area contributed by atoms with E-state index >= 15 is 0 Å². The number of ether oxygens (including phenoxy) is 1. The van der Waals surface area contributed by atoms with Crippen LogP contribution in [-0.4, -0.2) is 17.6 Å². The Bertz CT molecular complexity index is 1970. The number of rotatable bonds is 6. The van der Waals surface area contributed by atoms with Crippen molar-refractivity contribution >= 4 is 40.6 Å². The summed E-state index contributed by atoms with van der Waals surface area (Å²) < 4.78 is 13.4. The number of nitrogens with one attached hydrogen (secondary N) is 1. The molecule has 6 rings (SSSR count). The summed E-state index contributed by atoms with van der Waals surface area (Å²) in [5, 5.41) is 3.56. The number of carbonyl (C=O) groups excluding carboxylic acids is 1. The molecule has 5 aromatic rings. The minimum Gasteiger partial charge on any atom is -0.497 e. The maximum absolute atomic E-state index is 13.9. The van der Waals surface area contributed by atoms with E-state index in [-0.39, 0.29) is 11.5 Å². The van der Waals surface area contributed by atoms with E-state index in [1.165, 1.54) is 11.3 Å². The number of carbonyl (C=O) groups is 1. The topological polar surface area (TPSA) is 85.8 Å². The monoisotopic (exact) mass is 581 g/mol. The molecule has 0 bridgehead atoms. The fourth-order valence-corrected chi connectivity index (χ4v) is 6.01. The highest BCUT2D eigenvalue weighted by Crippen LogP contribution is 2.32. The average Bonchev–Trinajstić information content (AvgIpc) is 3.57. The lowest BCUT2D eigenvalue weighted by atomic mass is 9.95. The first-order valence-corrected chi connectivity index (χ1v) is 14.0. The average molecular weight is 582 g/mol. The molecule has 2 aromatic heterocycles. The maximum atomic E-state index is 13.9. The van der Waals surface area contributed by atoms with Crippen molar-refractivity contribution in [1.82, 2.24) is 4.57 Å². The van der Waals surface area contributed by atoms with Crippen LogP contribution in [0, 0.1) is 0 Å². The predicted molar refractivity (Wildman–Crippen MR) is 161 cm³/mol. The van der Waals surface area contributed by atoms with E-state index < -0.39 is 6.04 Å². The molecule has 3 heterocycles. The predicted octanol–water partition coefficient (Wildman–Crippen LogP) is 5.80. The van der Waals surface area contributed by atoms with Crippen molar-refractivity contribution in [2.75, 3.05) is 12.4 Å². The number of amides is 1. The van der Waals surface area contributed by atoms with Crippen LogP contribution in [0.15, 0.2) is 116 Å². The standard InChI is InChI=1S/C32H24ClN3O4S/c1-19-28(30(37)35-23-9-4-3-5-10-23)29(20-11-13-24(39-2)14-12-20)36-31(38)27(41-32(36)34-19)18-25-15-16-26(40-25)21-7-6-8-22(33)17-21/h3-18,29H,1-2H3,(H,35,37)/t29-/m1/s1. The van der Waals surface area contributed by atoms with Gasteiger partial charge in [-0.3, -0.25) is 14.2 Å². The van der Waals surface area contributed by atoms with Crippen LogP contribution >= 0.6 is 22.9 Å². The molecule has 3 aromatic carbocycles. The van der Waals surface area contributed by atoms with Gasteiger partial charge in [0.2, 0.25) is 0 Å². The third-order valence-corrected chi connectivity index (χ3v) is 7.96. The summed E-state index contributed by atoms with van der Waals surface area (Å²) in [5.41, 5.74) is 2.90. The highest BCUT2D eigenvalue weighted by atomic mass is 35.5. The molecule has 9 heteroatoms. The van der Waals surface area contributed by atoms with Gasteiger partial charge in [-0.25, -0.2) is 4.99 Å². The number of hydrogen-bond donors (Lipinski definition) is 1. The number of halogens is 1. The van der Waals surface area contributed by atoms with Gasteiger partial charge in [-0.2, -0.15) is 0 Å². The number of para-hydroxylation sites is 1. The molecule has 1 amide bonds. The first kappa shape index (κ1) is 26.6. The second-order valence-corrected chi connectivity index (χ2v) is 10.8. The summed E-state index contributed by atoms with van der Waals surface area (Å²) in [5.74, 6) is 1.50. The Morgan fingerprint density at radius 3 is 2.56 bits per heavy atom. The van der Waals surface area contributed by atoms with Crippen LogP contribution in [0.5, 0.6) is 5.75 Å². The molecule has 1 N–H and O–H groups in total. The zero-order valence-corrected chi connectivity index (χ0v) is 23.7. The van der Waals surface area contributed by atoms with Crippen LogP contribution in [0.4, 0.5) is 5.69 Å². The largest absolute Gasteiger partial charge is 0.497 e. The van der Waals surface area contributed by atoms with Gasteiger partial charge in [-0.15, -0.1) is 0 Å². The Balaban J connectivity index is 1.45. The van der Waals surface area contributed by atoms with Crippen LogP contribution < -0.4 is 24.9 Å². The van der Waals surface area contributed by atoms with Gasteiger partial charge < -0.3 is 14.5 Å². The van der Waals surface area contributed by atoms with Crippen molar-refractivity contribution in [1.29, 1.82) is 0 Å². The molecule has 0 unspecified atom stereocenters. The summed E-state index contributed by atoms with van der Waals surface area (Å²) in [6.07, 6.45) is 1.70. The Labute approximate surface area is 244 Å². The number of furan rings is 1. The number of benzene rings is 3. The molecule has 41 heavy (non-hydrogen) atoms. The number of fused-ring (bicyclic) bond motifs is 1. The Morgan fingerprint density at radius 1 is 1.05 bits per heavy atom. The summed E-state index contributed by atoms with van der Waals surface area (Å²) in [7, 11) is 1.59. The molecule has 0 spiro atoms. The van der Waals surface area contributed by atoms with Crippen molar-refractivity contribution in [2.45, 2.75) is 13.0 Å².